The van der Waals surface area contributed by atoms with Crippen molar-refractivity contribution in [2.45, 2.75) is 50.3 Å². The maximum atomic E-state index is 13.2. The molecule has 0 aromatic carbocycles. The molecule has 0 unspecified atom stereocenters. The fraction of sp³-hybridized carbons (Fsp3) is 0.450. The van der Waals surface area contributed by atoms with Gasteiger partial charge in [0, 0.05) is 24.4 Å². The number of nitrogens with zero attached hydrogens (tertiary/aromatic N) is 4. The van der Waals surface area contributed by atoms with E-state index in [0.717, 1.165) is 0 Å². The summed E-state index contributed by atoms with van der Waals surface area (Å²) in [6, 6.07) is 2.73. The largest absolute Gasteiger partial charge is 0.490 e. The van der Waals surface area contributed by atoms with Crippen LogP contribution in [0.3, 0.4) is 0 Å². The van der Waals surface area contributed by atoms with E-state index in [0.29, 0.717) is 17.0 Å². The molecule has 168 valence electrons. The van der Waals surface area contributed by atoms with Gasteiger partial charge in [0.25, 0.3) is 0 Å². The maximum Gasteiger partial charge on any atom is 0.354 e. The summed E-state index contributed by atoms with van der Waals surface area (Å²) in [4.78, 5) is 15.9. The zero-order chi connectivity index (χ0) is 23.1. The van der Waals surface area contributed by atoms with Crippen molar-refractivity contribution < 1.29 is 28.2 Å². The Kier molecular flexibility index (Phi) is 5.85. The number of aliphatic hydroxyl groups is 1. The predicted molar refractivity (Wildman–Crippen MR) is 113 cm³/mol. The second-order valence-corrected chi connectivity index (χ2v) is 11.0. The summed E-state index contributed by atoms with van der Waals surface area (Å²) < 4.78 is 33.8. The van der Waals surface area contributed by atoms with Gasteiger partial charge >= 0.3 is 5.97 Å². The lowest BCUT2D eigenvalue weighted by atomic mass is 10.3. The summed E-state index contributed by atoms with van der Waals surface area (Å²) in [5.41, 5.74) is 1.20. The number of hydrogen-bond acceptors (Lipinski definition) is 7. The third kappa shape index (κ3) is 4.02. The number of carboxylic acid groups (broad SMARTS) is 1. The number of rotatable bonds is 7. The van der Waals surface area contributed by atoms with Crippen molar-refractivity contribution in [3.8, 4) is 17.1 Å². The Bertz CT molecular complexity index is 1230. The second kappa shape index (κ2) is 7.97. The van der Waals surface area contributed by atoms with Crippen molar-refractivity contribution in [1.29, 1.82) is 0 Å². The number of aromatic carboxylic acids is 1. The van der Waals surface area contributed by atoms with E-state index in [1.54, 1.807) is 25.2 Å². The summed E-state index contributed by atoms with van der Waals surface area (Å²) in [5, 5.41) is 23.0. The highest BCUT2D eigenvalue weighted by Gasteiger charge is 2.34. The molecule has 0 saturated heterocycles. The Morgan fingerprint density at radius 2 is 1.94 bits per heavy atom. The number of aromatic nitrogens is 4. The SMILES string of the molecule is CC(C)n1nc(-c2cnc3cc(OCCO)c(S(=O)(=O)C(C)(C)C)cn23)cc1C(=O)O. The molecule has 10 nitrogen and oxygen atoms in total. The molecule has 0 bridgehead atoms. The summed E-state index contributed by atoms with van der Waals surface area (Å²) in [5.74, 6) is -1.02. The van der Waals surface area contributed by atoms with Gasteiger partial charge in [-0.1, -0.05) is 0 Å². The van der Waals surface area contributed by atoms with Crippen LogP contribution in [0.15, 0.2) is 29.4 Å². The van der Waals surface area contributed by atoms with Crippen LogP contribution in [0.2, 0.25) is 0 Å². The molecular formula is C20H26N4O6S. The van der Waals surface area contributed by atoms with Crippen LogP contribution in [0.4, 0.5) is 0 Å². The van der Waals surface area contributed by atoms with Crippen LogP contribution >= 0.6 is 0 Å². The van der Waals surface area contributed by atoms with Gasteiger partial charge in [0.2, 0.25) is 0 Å². The van der Waals surface area contributed by atoms with E-state index < -0.39 is 20.6 Å². The molecule has 0 atom stereocenters. The Hall–Kier alpha value is -2.92. The fourth-order valence-electron chi connectivity index (χ4n) is 3.05. The van der Waals surface area contributed by atoms with Crippen LogP contribution in [0, 0.1) is 0 Å². The normalized spacial score (nSPS) is 12.6. The van der Waals surface area contributed by atoms with Crippen molar-refractivity contribution in [2.75, 3.05) is 13.2 Å². The van der Waals surface area contributed by atoms with Crippen molar-refractivity contribution in [2.24, 2.45) is 0 Å². The first-order valence-corrected chi connectivity index (χ1v) is 11.2. The van der Waals surface area contributed by atoms with Crippen molar-refractivity contribution in [3.05, 3.63) is 30.2 Å². The quantitative estimate of drug-likeness (QED) is 0.560. The average molecular weight is 451 g/mol. The summed E-state index contributed by atoms with van der Waals surface area (Å²) >= 11 is 0. The molecule has 0 fully saturated rings. The number of imidazole rings is 1. The molecule has 11 heteroatoms. The summed E-state index contributed by atoms with van der Waals surface area (Å²) in [6.07, 6.45) is 2.90. The minimum atomic E-state index is -3.81. The van der Waals surface area contributed by atoms with Crippen molar-refractivity contribution in [1.82, 2.24) is 19.2 Å². The fourth-order valence-corrected chi connectivity index (χ4v) is 4.34. The van der Waals surface area contributed by atoms with E-state index in [1.807, 2.05) is 13.8 Å². The van der Waals surface area contributed by atoms with Gasteiger partial charge in [-0.15, -0.1) is 0 Å². The molecule has 31 heavy (non-hydrogen) atoms. The lowest BCUT2D eigenvalue weighted by molar-refractivity contribution is 0.0681. The summed E-state index contributed by atoms with van der Waals surface area (Å²) in [7, 11) is -3.81. The molecule has 0 saturated carbocycles. The van der Waals surface area contributed by atoms with Crippen molar-refractivity contribution in [3.63, 3.8) is 0 Å². The van der Waals surface area contributed by atoms with E-state index in [2.05, 4.69) is 10.1 Å². The number of aliphatic hydroxyl groups excluding tert-OH is 1. The number of pyridine rings is 1. The van der Waals surface area contributed by atoms with Gasteiger partial charge < -0.3 is 14.9 Å². The number of carbonyl (C=O) groups is 1. The van der Waals surface area contributed by atoms with Crippen LogP contribution in [-0.2, 0) is 9.84 Å². The van der Waals surface area contributed by atoms with E-state index >= 15 is 0 Å². The molecule has 0 aliphatic heterocycles. The number of ether oxygens (including phenoxy) is 1. The van der Waals surface area contributed by atoms with Crippen molar-refractivity contribution >= 4 is 21.5 Å². The van der Waals surface area contributed by atoms with Gasteiger partial charge in [-0.25, -0.2) is 18.2 Å². The third-order valence-corrected chi connectivity index (χ3v) is 7.22. The topological polar surface area (TPSA) is 136 Å². The molecule has 0 spiro atoms. The Morgan fingerprint density at radius 1 is 1.26 bits per heavy atom. The Labute approximate surface area is 180 Å². The van der Waals surface area contributed by atoms with Gasteiger partial charge in [-0.05, 0) is 34.6 Å². The number of sulfone groups is 1. The van der Waals surface area contributed by atoms with Gasteiger partial charge in [0.15, 0.2) is 9.84 Å². The molecule has 3 rings (SSSR count). The van der Waals surface area contributed by atoms with E-state index in [-0.39, 0.29) is 35.6 Å². The monoisotopic (exact) mass is 450 g/mol. The highest BCUT2D eigenvalue weighted by Crippen LogP contribution is 2.34. The molecule has 0 aliphatic carbocycles. The predicted octanol–water partition coefficient (Wildman–Crippen LogP) is 2.42. The first kappa shape index (κ1) is 22.8. The second-order valence-electron chi connectivity index (χ2n) is 8.32. The number of fused-ring (bicyclic) bond motifs is 1. The molecular weight excluding hydrogens is 424 g/mol. The van der Waals surface area contributed by atoms with Crippen LogP contribution in [0.5, 0.6) is 5.75 Å². The van der Waals surface area contributed by atoms with Crippen LogP contribution in [0.25, 0.3) is 17.0 Å². The lowest BCUT2D eigenvalue weighted by Gasteiger charge is -2.21. The molecule has 3 aromatic heterocycles. The Morgan fingerprint density at radius 3 is 2.45 bits per heavy atom. The first-order valence-electron chi connectivity index (χ1n) is 9.71. The smallest absolute Gasteiger partial charge is 0.354 e. The molecule has 0 aliphatic rings. The van der Waals surface area contributed by atoms with Crippen LogP contribution < -0.4 is 4.74 Å². The van der Waals surface area contributed by atoms with Crippen LogP contribution in [0.1, 0.15) is 51.1 Å². The molecule has 2 N–H and O–H groups in total. The van der Waals surface area contributed by atoms with E-state index in [9.17, 15) is 18.3 Å². The Balaban J connectivity index is 2.27. The lowest BCUT2D eigenvalue weighted by Crippen LogP contribution is -2.28. The zero-order valence-corrected chi connectivity index (χ0v) is 18.8. The first-order chi connectivity index (χ1) is 14.4. The molecule has 3 aromatic rings. The third-order valence-electron chi connectivity index (χ3n) is 4.73. The summed E-state index contributed by atoms with van der Waals surface area (Å²) in [6.45, 7) is 8.04. The molecule has 0 radical (unpaired) electrons. The van der Waals surface area contributed by atoms with E-state index in [4.69, 9.17) is 9.84 Å². The average Bonchev–Trinajstić information content (AvgIpc) is 3.28. The van der Waals surface area contributed by atoms with Gasteiger partial charge in [-0.2, -0.15) is 5.10 Å². The number of hydrogen-bond donors (Lipinski definition) is 2. The molecule has 3 heterocycles. The number of carboxylic acids is 1. The minimum absolute atomic E-state index is 0.0189. The standard InChI is InChI=1S/C20H26N4O6S/c1-12(2)24-14(19(26)27)8-13(22-24)15-10-21-18-9-16(30-7-6-25)17(11-23(15)18)31(28,29)20(3,4)5/h8-12,25H,6-7H2,1-5H3,(H,26,27). The highest BCUT2D eigenvalue weighted by atomic mass is 32.2. The van der Waals surface area contributed by atoms with Gasteiger partial charge in [0.05, 0.1) is 23.2 Å². The van der Waals surface area contributed by atoms with E-state index in [1.165, 1.54) is 29.2 Å². The zero-order valence-electron chi connectivity index (χ0n) is 18.0. The molecule has 0 amide bonds. The van der Waals surface area contributed by atoms with Gasteiger partial charge in [0.1, 0.15) is 34.3 Å². The maximum absolute atomic E-state index is 13.2. The minimum Gasteiger partial charge on any atom is -0.490 e. The van der Waals surface area contributed by atoms with Crippen LogP contribution in [-0.4, -0.2) is 61.7 Å². The van der Waals surface area contributed by atoms with Gasteiger partial charge in [-0.3, -0.25) is 9.08 Å². The highest BCUT2D eigenvalue weighted by molar-refractivity contribution is 7.92.